The topological polar surface area (TPSA) is 67.9 Å². The number of likely N-dealkylation sites (tertiary alicyclic amines) is 1. The van der Waals surface area contributed by atoms with E-state index in [1.54, 1.807) is 4.90 Å². The molecule has 0 aliphatic carbocycles. The van der Waals surface area contributed by atoms with Crippen LogP contribution in [0.15, 0.2) is 0 Å². The van der Waals surface area contributed by atoms with Crippen LogP contribution in [0.5, 0.6) is 0 Å². The molecule has 0 bridgehead atoms. The van der Waals surface area contributed by atoms with E-state index >= 15 is 0 Å². The standard InChI is InChI=1S/C14H26N2O4/c1-3-19-11-5-8-15-14(18)16-9-6-12(7-10-16)13(17)20-4-2/h12H,3-11H2,1-2H3,(H,15,18). The Morgan fingerprint density at radius 2 is 1.90 bits per heavy atom. The first kappa shape index (κ1) is 16.8. The lowest BCUT2D eigenvalue weighted by atomic mass is 9.97. The lowest BCUT2D eigenvalue weighted by molar-refractivity contribution is -0.149. The fourth-order valence-electron chi connectivity index (χ4n) is 2.20. The van der Waals surface area contributed by atoms with Gasteiger partial charge in [-0.1, -0.05) is 0 Å². The van der Waals surface area contributed by atoms with Crippen LogP contribution in [0.1, 0.15) is 33.1 Å². The molecular weight excluding hydrogens is 260 g/mol. The minimum Gasteiger partial charge on any atom is -0.466 e. The monoisotopic (exact) mass is 286 g/mol. The summed E-state index contributed by atoms with van der Waals surface area (Å²) in [5.74, 6) is -0.193. The maximum atomic E-state index is 11.9. The van der Waals surface area contributed by atoms with E-state index in [4.69, 9.17) is 9.47 Å². The van der Waals surface area contributed by atoms with Gasteiger partial charge in [-0.15, -0.1) is 0 Å². The van der Waals surface area contributed by atoms with Crippen LogP contribution in [0.3, 0.4) is 0 Å². The maximum absolute atomic E-state index is 11.9. The summed E-state index contributed by atoms with van der Waals surface area (Å²) in [4.78, 5) is 25.2. The van der Waals surface area contributed by atoms with Gasteiger partial charge in [0.05, 0.1) is 12.5 Å². The molecule has 6 nitrogen and oxygen atoms in total. The first-order valence-corrected chi connectivity index (χ1v) is 7.46. The highest BCUT2D eigenvalue weighted by Gasteiger charge is 2.27. The molecule has 0 atom stereocenters. The summed E-state index contributed by atoms with van der Waals surface area (Å²) in [7, 11) is 0. The van der Waals surface area contributed by atoms with Crippen molar-refractivity contribution in [3.63, 3.8) is 0 Å². The van der Waals surface area contributed by atoms with Crippen LogP contribution in [0.2, 0.25) is 0 Å². The molecule has 116 valence electrons. The van der Waals surface area contributed by atoms with Crippen molar-refractivity contribution >= 4 is 12.0 Å². The van der Waals surface area contributed by atoms with Crippen molar-refractivity contribution in [2.75, 3.05) is 39.5 Å². The summed E-state index contributed by atoms with van der Waals surface area (Å²) in [5, 5.41) is 2.87. The predicted molar refractivity (Wildman–Crippen MR) is 75.4 cm³/mol. The van der Waals surface area contributed by atoms with E-state index in [1.807, 2.05) is 13.8 Å². The van der Waals surface area contributed by atoms with Gasteiger partial charge in [-0.3, -0.25) is 4.79 Å². The first-order chi connectivity index (χ1) is 9.69. The zero-order valence-corrected chi connectivity index (χ0v) is 12.5. The van der Waals surface area contributed by atoms with Gasteiger partial charge < -0.3 is 19.7 Å². The zero-order valence-electron chi connectivity index (χ0n) is 12.5. The Hall–Kier alpha value is -1.30. The van der Waals surface area contributed by atoms with Crippen LogP contribution in [-0.4, -0.2) is 56.4 Å². The molecule has 0 spiro atoms. The van der Waals surface area contributed by atoms with E-state index in [0.29, 0.717) is 52.3 Å². The molecular formula is C14H26N2O4. The van der Waals surface area contributed by atoms with Gasteiger partial charge in [-0.25, -0.2) is 4.79 Å². The van der Waals surface area contributed by atoms with Crippen molar-refractivity contribution in [1.82, 2.24) is 10.2 Å². The van der Waals surface area contributed by atoms with Crippen LogP contribution in [0.4, 0.5) is 4.79 Å². The number of urea groups is 1. The number of ether oxygens (including phenoxy) is 2. The van der Waals surface area contributed by atoms with Gasteiger partial charge in [0, 0.05) is 32.8 Å². The lowest BCUT2D eigenvalue weighted by Crippen LogP contribution is -2.46. The van der Waals surface area contributed by atoms with Crippen LogP contribution in [0, 0.1) is 5.92 Å². The number of carbonyl (C=O) groups excluding carboxylic acids is 2. The van der Waals surface area contributed by atoms with E-state index in [1.165, 1.54) is 0 Å². The number of esters is 1. The highest BCUT2D eigenvalue weighted by Crippen LogP contribution is 2.18. The van der Waals surface area contributed by atoms with Crippen LogP contribution in [-0.2, 0) is 14.3 Å². The van der Waals surface area contributed by atoms with Crippen molar-refractivity contribution in [2.24, 2.45) is 5.92 Å². The average molecular weight is 286 g/mol. The summed E-state index contributed by atoms with van der Waals surface area (Å²) in [6.07, 6.45) is 2.19. The molecule has 0 aromatic rings. The molecule has 2 amide bonds. The molecule has 0 saturated carbocycles. The van der Waals surface area contributed by atoms with Crippen molar-refractivity contribution in [1.29, 1.82) is 0 Å². The molecule has 1 rings (SSSR count). The average Bonchev–Trinajstić information content (AvgIpc) is 2.47. The lowest BCUT2D eigenvalue weighted by Gasteiger charge is -2.30. The molecule has 20 heavy (non-hydrogen) atoms. The molecule has 0 aromatic carbocycles. The smallest absolute Gasteiger partial charge is 0.317 e. The first-order valence-electron chi connectivity index (χ1n) is 7.46. The molecule has 1 aliphatic heterocycles. The van der Waals surface area contributed by atoms with E-state index in [-0.39, 0.29) is 17.9 Å². The van der Waals surface area contributed by atoms with Gasteiger partial charge in [0.15, 0.2) is 0 Å². The van der Waals surface area contributed by atoms with Crippen molar-refractivity contribution < 1.29 is 19.1 Å². The van der Waals surface area contributed by atoms with Crippen LogP contribution >= 0.6 is 0 Å². The van der Waals surface area contributed by atoms with Crippen molar-refractivity contribution in [3.05, 3.63) is 0 Å². The van der Waals surface area contributed by atoms with Crippen LogP contribution < -0.4 is 5.32 Å². The number of carbonyl (C=O) groups is 2. The highest BCUT2D eigenvalue weighted by atomic mass is 16.5. The minimum atomic E-state index is -0.135. The zero-order chi connectivity index (χ0) is 14.8. The highest BCUT2D eigenvalue weighted by molar-refractivity contribution is 5.75. The second kappa shape index (κ2) is 9.58. The van der Waals surface area contributed by atoms with E-state index in [0.717, 1.165) is 6.42 Å². The van der Waals surface area contributed by atoms with Gasteiger partial charge in [0.1, 0.15) is 0 Å². The minimum absolute atomic E-state index is 0.0520. The van der Waals surface area contributed by atoms with Gasteiger partial charge in [0.2, 0.25) is 0 Å². The Labute approximate surface area is 120 Å². The summed E-state index contributed by atoms with van der Waals surface area (Å²) in [5.41, 5.74) is 0. The Bertz CT molecular complexity index is 302. The number of hydrogen-bond donors (Lipinski definition) is 1. The molecule has 1 fully saturated rings. The number of hydrogen-bond acceptors (Lipinski definition) is 4. The van der Waals surface area contributed by atoms with E-state index < -0.39 is 0 Å². The third-order valence-electron chi connectivity index (χ3n) is 3.35. The quantitative estimate of drug-likeness (QED) is 0.567. The summed E-state index contributed by atoms with van der Waals surface area (Å²) >= 11 is 0. The van der Waals surface area contributed by atoms with Gasteiger partial charge >= 0.3 is 12.0 Å². The number of rotatable bonds is 7. The Morgan fingerprint density at radius 1 is 1.20 bits per heavy atom. The largest absolute Gasteiger partial charge is 0.466 e. The number of piperidine rings is 1. The molecule has 0 aromatic heterocycles. The molecule has 1 saturated heterocycles. The van der Waals surface area contributed by atoms with Gasteiger partial charge in [-0.05, 0) is 33.1 Å². The Kier molecular flexibility index (Phi) is 8.02. The molecule has 1 heterocycles. The van der Waals surface area contributed by atoms with Gasteiger partial charge in [0.25, 0.3) is 0 Å². The second-order valence-electron chi connectivity index (χ2n) is 4.80. The van der Waals surface area contributed by atoms with Crippen LogP contribution in [0.25, 0.3) is 0 Å². The predicted octanol–water partition coefficient (Wildman–Crippen LogP) is 1.40. The Balaban J connectivity index is 2.17. The fraction of sp³-hybridized carbons (Fsp3) is 0.857. The third kappa shape index (κ3) is 5.77. The Morgan fingerprint density at radius 3 is 2.50 bits per heavy atom. The summed E-state index contributed by atoms with van der Waals surface area (Å²) < 4.78 is 10.2. The SMILES string of the molecule is CCOCCCNC(=O)N1CCC(C(=O)OCC)CC1. The number of amides is 2. The fourth-order valence-corrected chi connectivity index (χ4v) is 2.20. The van der Waals surface area contributed by atoms with Crippen molar-refractivity contribution in [3.8, 4) is 0 Å². The normalized spacial score (nSPS) is 16.0. The number of nitrogens with one attached hydrogen (secondary N) is 1. The molecule has 1 aliphatic rings. The molecule has 0 radical (unpaired) electrons. The summed E-state index contributed by atoms with van der Waals surface area (Å²) in [6.45, 7) is 7.39. The number of nitrogens with zero attached hydrogens (tertiary/aromatic N) is 1. The second-order valence-corrected chi connectivity index (χ2v) is 4.80. The maximum Gasteiger partial charge on any atom is 0.317 e. The van der Waals surface area contributed by atoms with E-state index in [2.05, 4.69) is 5.32 Å². The van der Waals surface area contributed by atoms with Gasteiger partial charge in [-0.2, -0.15) is 0 Å². The molecule has 0 unspecified atom stereocenters. The molecule has 1 N–H and O–H groups in total. The summed E-state index contributed by atoms with van der Waals surface area (Å²) in [6, 6.07) is -0.0520. The van der Waals surface area contributed by atoms with E-state index in [9.17, 15) is 9.59 Å². The molecule has 6 heteroatoms. The third-order valence-corrected chi connectivity index (χ3v) is 3.35. The van der Waals surface area contributed by atoms with Crippen molar-refractivity contribution in [2.45, 2.75) is 33.1 Å².